The summed E-state index contributed by atoms with van der Waals surface area (Å²) in [7, 11) is 1.91. The molecule has 0 aliphatic heterocycles. The number of carbonyl (C=O) groups excluding carboxylic acids is 1. The Bertz CT molecular complexity index is 948. The van der Waals surface area contributed by atoms with Gasteiger partial charge in [0.1, 0.15) is 16.3 Å². The molecule has 0 aliphatic rings. The third-order valence-electron chi connectivity index (χ3n) is 3.63. The van der Waals surface area contributed by atoms with Gasteiger partial charge >= 0.3 is 6.09 Å². The Morgan fingerprint density at radius 1 is 1.46 bits per heavy atom. The molecule has 1 amide bonds. The lowest BCUT2D eigenvalue weighted by atomic mass is 10.2. The molecule has 0 saturated heterocycles. The lowest BCUT2D eigenvalue weighted by Crippen LogP contribution is -2.36. The summed E-state index contributed by atoms with van der Waals surface area (Å²) in [6.07, 6.45) is 1.47. The molecule has 0 radical (unpaired) electrons. The van der Waals surface area contributed by atoms with Crippen molar-refractivity contribution in [1.82, 2.24) is 9.55 Å². The Morgan fingerprint density at radius 2 is 2.19 bits per heavy atom. The number of pyridine rings is 1. The van der Waals surface area contributed by atoms with Gasteiger partial charge in [-0.15, -0.1) is 11.3 Å². The molecule has 0 atom stereocenters. The maximum absolute atomic E-state index is 13.0. The van der Waals surface area contributed by atoms with Gasteiger partial charge in [0.2, 0.25) is 0 Å². The maximum atomic E-state index is 13.0. The highest BCUT2D eigenvalue weighted by Crippen LogP contribution is 2.35. The summed E-state index contributed by atoms with van der Waals surface area (Å²) in [6.45, 7) is 5.94. The largest absolute Gasteiger partial charge is 0.443 e. The van der Waals surface area contributed by atoms with Crippen LogP contribution in [0.3, 0.4) is 0 Å². The van der Waals surface area contributed by atoms with Gasteiger partial charge in [0.25, 0.3) is 0 Å². The van der Waals surface area contributed by atoms with Crippen molar-refractivity contribution in [1.29, 1.82) is 0 Å². The van der Waals surface area contributed by atoms with Gasteiger partial charge in [-0.25, -0.2) is 9.78 Å². The van der Waals surface area contributed by atoms with Crippen LogP contribution in [-0.2, 0) is 18.3 Å². The molecule has 0 N–H and O–H groups in total. The molecule has 8 heteroatoms. The topological polar surface area (TPSA) is 47.4 Å². The Hall–Kier alpha value is -1.57. The van der Waals surface area contributed by atoms with Crippen LogP contribution >= 0.6 is 38.9 Å². The lowest BCUT2D eigenvalue weighted by Gasteiger charge is -2.28. The number of hydrogen-bond acceptors (Lipinski definition) is 4. The molecular formula is C18H19BrClN3O2S. The summed E-state index contributed by atoms with van der Waals surface area (Å²) in [5.41, 5.74) is 1.57. The van der Waals surface area contributed by atoms with Gasteiger partial charge in [-0.3, -0.25) is 4.90 Å². The Morgan fingerprint density at radius 3 is 2.81 bits per heavy atom. The van der Waals surface area contributed by atoms with E-state index in [9.17, 15) is 4.79 Å². The zero-order valence-electron chi connectivity index (χ0n) is 14.9. The summed E-state index contributed by atoms with van der Waals surface area (Å²) in [5.74, 6) is 0. The average molecular weight is 457 g/mol. The smallest absolute Gasteiger partial charge is 0.415 e. The number of ether oxygens (including phenoxy) is 1. The van der Waals surface area contributed by atoms with Crippen molar-refractivity contribution in [2.45, 2.75) is 32.9 Å². The molecule has 26 heavy (non-hydrogen) atoms. The van der Waals surface area contributed by atoms with Gasteiger partial charge in [-0.05, 0) is 48.1 Å². The molecule has 0 aromatic carbocycles. The molecule has 5 nitrogen and oxygen atoms in total. The van der Waals surface area contributed by atoms with Crippen LogP contribution in [0.5, 0.6) is 0 Å². The molecule has 3 aromatic rings. The molecule has 138 valence electrons. The maximum Gasteiger partial charge on any atom is 0.415 e. The number of anilines is 1. The third kappa shape index (κ3) is 4.05. The third-order valence-corrected chi connectivity index (χ3v) is 5.26. The first-order valence-electron chi connectivity index (χ1n) is 7.99. The lowest BCUT2D eigenvalue weighted by molar-refractivity contribution is 0.0578. The average Bonchev–Trinajstić information content (AvgIpc) is 3.11. The number of halogens is 2. The summed E-state index contributed by atoms with van der Waals surface area (Å²) in [6, 6.07) is 5.65. The summed E-state index contributed by atoms with van der Waals surface area (Å²) in [4.78, 5) is 20.0. The number of aryl methyl sites for hydroxylation is 1. The first-order valence-corrected chi connectivity index (χ1v) is 10.0. The molecule has 0 unspecified atom stereocenters. The van der Waals surface area contributed by atoms with Gasteiger partial charge in [0, 0.05) is 24.2 Å². The minimum atomic E-state index is -0.602. The number of carbonyl (C=O) groups is 1. The predicted octanol–water partition coefficient (Wildman–Crippen LogP) is 5.99. The van der Waals surface area contributed by atoms with Crippen molar-refractivity contribution < 1.29 is 9.53 Å². The fourth-order valence-corrected chi connectivity index (χ4v) is 4.10. The molecule has 0 aliphatic carbocycles. The Balaban J connectivity index is 2.15. The van der Waals surface area contributed by atoms with E-state index < -0.39 is 11.7 Å². The van der Waals surface area contributed by atoms with Crippen LogP contribution in [0.25, 0.3) is 11.0 Å². The number of amides is 1. The van der Waals surface area contributed by atoms with E-state index in [4.69, 9.17) is 16.3 Å². The number of hydrogen-bond donors (Lipinski definition) is 0. The number of nitrogens with zero attached hydrogens (tertiary/aromatic N) is 3. The van der Waals surface area contributed by atoms with Gasteiger partial charge < -0.3 is 9.30 Å². The molecule has 3 heterocycles. The van der Waals surface area contributed by atoms with Gasteiger partial charge in [-0.1, -0.05) is 17.7 Å². The number of rotatable bonds is 3. The summed E-state index contributed by atoms with van der Waals surface area (Å²) < 4.78 is 8.38. The van der Waals surface area contributed by atoms with Crippen LogP contribution in [0, 0.1) is 0 Å². The molecule has 0 bridgehead atoms. The van der Waals surface area contributed by atoms with E-state index in [1.807, 2.05) is 56.1 Å². The molecule has 0 spiro atoms. The fourth-order valence-electron chi connectivity index (χ4n) is 2.63. The minimum absolute atomic E-state index is 0.319. The van der Waals surface area contributed by atoms with E-state index in [0.717, 1.165) is 14.9 Å². The second kappa shape index (κ2) is 7.21. The highest BCUT2D eigenvalue weighted by Gasteiger charge is 2.27. The minimum Gasteiger partial charge on any atom is -0.443 e. The second-order valence-electron chi connectivity index (χ2n) is 6.90. The normalized spacial score (nSPS) is 11.8. The molecule has 0 fully saturated rings. The van der Waals surface area contributed by atoms with Crippen molar-refractivity contribution in [2.24, 2.45) is 7.05 Å². The molecule has 0 saturated carbocycles. The van der Waals surface area contributed by atoms with Crippen LogP contribution in [-0.4, -0.2) is 21.2 Å². The van der Waals surface area contributed by atoms with Gasteiger partial charge in [0.05, 0.1) is 22.2 Å². The van der Waals surface area contributed by atoms with E-state index in [1.165, 1.54) is 0 Å². The zero-order valence-corrected chi connectivity index (χ0v) is 18.1. The van der Waals surface area contributed by atoms with E-state index in [0.29, 0.717) is 22.9 Å². The zero-order chi connectivity index (χ0) is 19.1. The van der Waals surface area contributed by atoms with Crippen LogP contribution in [0.15, 0.2) is 34.2 Å². The summed E-state index contributed by atoms with van der Waals surface area (Å²) >= 11 is 11.3. The van der Waals surface area contributed by atoms with Gasteiger partial charge in [0.15, 0.2) is 0 Å². The quantitative estimate of drug-likeness (QED) is 0.455. The first kappa shape index (κ1) is 19.2. The Kier molecular flexibility index (Phi) is 5.33. The van der Waals surface area contributed by atoms with Crippen molar-refractivity contribution in [2.75, 3.05) is 4.90 Å². The number of fused-ring (bicyclic) bond motifs is 1. The highest BCUT2D eigenvalue weighted by atomic mass is 79.9. The van der Waals surface area contributed by atoms with Gasteiger partial charge in [-0.2, -0.15) is 0 Å². The van der Waals surface area contributed by atoms with Crippen LogP contribution < -0.4 is 4.90 Å². The fraction of sp³-hybridized carbons (Fsp3) is 0.333. The molecular weight excluding hydrogens is 438 g/mol. The predicted molar refractivity (Wildman–Crippen MR) is 110 cm³/mol. The van der Waals surface area contributed by atoms with Crippen molar-refractivity contribution in [3.63, 3.8) is 0 Å². The van der Waals surface area contributed by atoms with Crippen LogP contribution in [0.2, 0.25) is 5.15 Å². The van der Waals surface area contributed by atoms with E-state index >= 15 is 0 Å². The number of thiophene rings is 1. The van der Waals surface area contributed by atoms with Crippen molar-refractivity contribution in [3.8, 4) is 0 Å². The number of aromatic nitrogens is 2. The first-order chi connectivity index (χ1) is 12.2. The standard InChI is InChI=1S/C18H19BrClN3O2S/c1-18(2,3)25-17(24)23(9-11-6-5-7-26-11)13-8-14(20)21-15-12(19)10-22(4)16(13)15/h5-8,10H,9H2,1-4H3. The van der Waals surface area contributed by atoms with Crippen LogP contribution in [0.4, 0.5) is 10.5 Å². The van der Waals surface area contributed by atoms with Crippen molar-refractivity contribution >= 4 is 61.7 Å². The SMILES string of the molecule is Cn1cc(Br)c2nc(Cl)cc(N(Cc3cccs3)C(=O)OC(C)(C)C)c21. The highest BCUT2D eigenvalue weighted by molar-refractivity contribution is 9.10. The monoisotopic (exact) mass is 455 g/mol. The van der Waals surface area contributed by atoms with E-state index in [2.05, 4.69) is 20.9 Å². The molecule has 3 rings (SSSR count). The Labute approximate surface area is 169 Å². The second-order valence-corrected chi connectivity index (χ2v) is 9.17. The molecule has 3 aromatic heterocycles. The van der Waals surface area contributed by atoms with E-state index in [1.54, 1.807) is 22.3 Å². The summed E-state index contributed by atoms with van der Waals surface area (Å²) in [5, 5.41) is 2.30. The van der Waals surface area contributed by atoms with E-state index in [-0.39, 0.29) is 0 Å². The van der Waals surface area contributed by atoms with Crippen molar-refractivity contribution in [3.05, 3.63) is 44.3 Å². The van der Waals surface area contributed by atoms with Crippen LogP contribution in [0.1, 0.15) is 25.6 Å².